The van der Waals surface area contributed by atoms with Gasteiger partial charge in [0.05, 0.1) is 24.3 Å². The Morgan fingerprint density at radius 3 is 2.59 bits per heavy atom. The zero-order chi connectivity index (χ0) is 23.3. The number of carbonyl (C=O) groups excluding carboxylic acids is 3. The van der Waals surface area contributed by atoms with Crippen LogP contribution < -0.4 is 10.2 Å². The van der Waals surface area contributed by atoms with Crippen molar-refractivity contribution in [2.24, 2.45) is 0 Å². The summed E-state index contributed by atoms with van der Waals surface area (Å²) in [6, 6.07) is 12.4. The fourth-order valence-electron chi connectivity index (χ4n) is 3.33. The monoisotopic (exact) mass is 471 g/mol. The lowest BCUT2D eigenvalue weighted by Crippen LogP contribution is -2.37. The molecular weight excluding hydrogens is 450 g/mol. The smallest absolute Gasteiger partial charge is 0.338 e. The van der Waals surface area contributed by atoms with E-state index in [4.69, 9.17) is 28.6 Å². The van der Waals surface area contributed by atoms with Crippen molar-refractivity contribution < 1.29 is 19.1 Å². The quantitative estimate of drug-likeness (QED) is 0.355. The molecule has 0 bridgehead atoms. The van der Waals surface area contributed by atoms with Gasteiger partial charge in [-0.3, -0.25) is 14.5 Å². The zero-order valence-corrected chi connectivity index (χ0v) is 19.0. The first-order chi connectivity index (χ1) is 15.3. The van der Waals surface area contributed by atoms with Crippen molar-refractivity contribution in [2.75, 3.05) is 23.4 Å². The SMILES string of the molecule is C=CCN1C(=S)N(c2ccc(C(=O)OCC)cc2)C(=O)C1CC(=O)Nc1cccc(Cl)c1. The van der Waals surface area contributed by atoms with E-state index in [9.17, 15) is 14.4 Å². The summed E-state index contributed by atoms with van der Waals surface area (Å²) in [5.74, 6) is -1.12. The predicted octanol–water partition coefficient (Wildman–Crippen LogP) is 4.03. The summed E-state index contributed by atoms with van der Waals surface area (Å²) in [4.78, 5) is 40.8. The van der Waals surface area contributed by atoms with Gasteiger partial charge in [0.15, 0.2) is 5.11 Å². The van der Waals surface area contributed by atoms with E-state index in [1.807, 2.05) is 0 Å². The molecule has 7 nitrogen and oxygen atoms in total. The molecule has 9 heteroatoms. The molecule has 1 unspecified atom stereocenters. The number of benzene rings is 2. The van der Waals surface area contributed by atoms with Gasteiger partial charge in [-0.1, -0.05) is 23.7 Å². The number of nitrogens with zero attached hydrogens (tertiary/aromatic N) is 2. The predicted molar refractivity (Wildman–Crippen MR) is 128 cm³/mol. The summed E-state index contributed by atoms with van der Waals surface area (Å²) in [5.41, 5.74) is 1.41. The second kappa shape index (κ2) is 10.4. The number of ether oxygens (including phenoxy) is 1. The van der Waals surface area contributed by atoms with E-state index >= 15 is 0 Å². The van der Waals surface area contributed by atoms with Gasteiger partial charge in [0.1, 0.15) is 6.04 Å². The lowest BCUT2D eigenvalue weighted by atomic mass is 10.1. The third-order valence-corrected chi connectivity index (χ3v) is 5.42. The van der Waals surface area contributed by atoms with Crippen LogP contribution in [0.25, 0.3) is 0 Å². The number of halogens is 1. The molecule has 32 heavy (non-hydrogen) atoms. The molecule has 1 fully saturated rings. The van der Waals surface area contributed by atoms with Crippen LogP contribution in [-0.4, -0.2) is 47.0 Å². The largest absolute Gasteiger partial charge is 0.462 e. The van der Waals surface area contributed by atoms with Crippen molar-refractivity contribution >= 4 is 58.1 Å². The van der Waals surface area contributed by atoms with Crippen molar-refractivity contribution in [2.45, 2.75) is 19.4 Å². The second-order valence-corrected chi connectivity index (χ2v) is 7.74. The first kappa shape index (κ1) is 23.4. The number of nitrogens with one attached hydrogen (secondary N) is 1. The highest BCUT2D eigenvalue weighted by Gasteiger charge is 2.43. The Labute approximate surface area is 196 Å². The summed E-state index contributed by atoms with van der Waals surface area (Å²) >= 11 is 11.5. The van der Waals surface area contributed by atoms with Gasteiger partial charge < -0.3 is 15.0 Å². The minimum atomic E-state index is -0.788. The minimum absolute atomic E-state index is 0.100. The molecule has 1 saturated heterocycles. The van der Waals surface area contributed by atoms with E-state index in [0.717, 1.165) is 0 Å². The highest BCUT2D eigenvalue weighted by atomic mass is 35.5. The van der Waals surface area contributed by atoms with Crippen LogP contribution in [0.5, 0.6) is 0 Å². The second-order valence-electron chi connectivity index (χ2n) is 6.94. The standard InChI is InChI=1S/C23H22ClN3O4S/c1-3-12-26-19(14-20(28)25-17-7-5-6-16(24)13-17)21(29)27(23(26)32)18-10-8-15(9-11-18)22(30)31-4-2/h3,5-11,13,19H,1,4,12,14H2,2H3,(H,25,28). The van der Waals surface area contributed by atoms with Gasteiger partial charge in [-0.15, -0.1) is 6.58 Å². The normalized spacial score (nSPS) is 15.6. The molecular formula is C23H22ClN3O4S. The maximum atomic E-state index is 13.2. The van der Waals surface area contributed by atoms with Gasteiger partial charge in [0.2, 0.25) is 5.91 Å². The molecule has 0 aliphatic carbocycles. The summed E-state index contributed by atoms with van der Waals surface area (Å²) in [6.07, 6.45) is 1.52. The van der Waals surface area contributed by atoms with Crippen LogP contribution in [-0.2, 0) is 14.3 Å². The fraction of sp³-hybridized carbons (Fsp3) is 0.217. The number of rotatable bonds is 8. The van der Waals surface area contributed by atoms with E-state index in [1.165, 1.54) is 4.90 Å². The summed E-state index contributed by atoms with van der Waals surface area (Å²) in [6.45, 7) is 6.02. The maximum Gasteiger partial charge on any atom is 0.338 e. The topological polar surface area (TPSA) is 79.0 Å². The summed E-state index contributed by atoms with van der Waals surface area (Å²) < 4.78 is 4.98. The number of carbonyl (C=O) groups is 3. The Bertz CT molecular complexity index is 1060. The molecule has 2 amide bonds. The molecule has 0 aromatic heterocycles. The first-order valence-electron chi connectivity index (χ1n) is 9.93. The lowest BCUT2D eigenvalue weighted by molar-refractivity contribution is -0.124. The number of esters is 1. The fourth-order valence-corrected chi connectivity index (χ4v) is 3.92. The molecule has 166 valence electrons. The van der Waals surface area contributed by atoms with Crippen molar-refractivity contribution in [1.29, 1.82) is 0 Å². The molecule has 1 N–H and O–H groups in total. The van der Waals surface area contributed by atoms with E-state index < -0.39 is 12.0 Å². The zero-order valence-electron chi connectivity index (χ0n) is 17.4. The third kappa shape index (κ3) is 5.15. The number of hydrogen-bond acceptors (Lipinski definition) is 5. The molecule has 3 rings (SSSR count). The molecule has 1 aliphatic heterocycles. The molecule has 0 saturated carbocycles. The Morgan fingerprint density at radius 2 is 1.97 bits per heavy atom. The average Bonchev–Trinajstić information content (AvgIpc) is 2.98. The Morgan fingerprint density at radius 1 is 1.25 bits per heavy atom. The van der Waals surface area contributed by atoms with Gasteiger partial charge in [-0.05, 0) is 61.6 Å². The summed E-state index contributed by atoms with van der Waals surface area (Å²) in [7, 11) is 0. The van der Waals surface area contributed by atoms with Crippen LogP contribution in [0, 0.1) is 0 Å². The number of thiocarbonyl (C=S) groups is 1. The molecule has 2 aromatic carbocycles. The van der Waals surface area contributed by atoms with Crippen molar-refractivity contribution in [3.63, 3.8) is 0 Å². The van der Waals surface area contributed by atoms with E-state index in [0.29, 0.717) is 28.5 Å². The van der Waals surface area contributed by atoms with Crippen molar-refractivity contribution in [3.05, 3.63) is 71.8 Å². The average molecular weight is 472 g/mol. The van der Waals surface area contributed by atoms with E-state index in [-0.39, 0.29) is 30.0 Å². The van der Waals surface area contributed by atoms with Crippen molar-refractivity contribution in [3.8, 4) is 0 Å². The Hall–Kier alpha value is -3.23. The van der Waals surface area contributed by atoms with Gasteiger partial charge >= 0.3 is 5.97 Å². The Balaban J connectivity index is 1.79. The molecule has 1 atom stereocenters. The number of amides is 2. The minimum Gasteiger partial charge on any atom is -0.462 e. The third-order valence-electron chi connectivity index (χ3n) is 4.77. The summed E-state index contributed by atoms with van der Waals surface area (Å²) in [5, 5.41) is 3.51. The van der Waals surface area contributed by atoms with Crippen LogP contribution in [0.1, 0.15) is 23.7 Å². The molecule has 0 radical (unpaired) electrons. The van der Waals surface area contributed by atoms with Crippen LogP contribution in [0.15, 0.2) is 61.2 Å². The van der Waals surface area contributed by atoms with Crippen molar-refractivity contribution in [1.82, 2.24) is 4.90 Å². The van der Waals surface area contributed by atoms with Crippen LogP contribution >= 0.6 is 23.8 Å². The highest BCUT2D eigenvalue weighted by Crippen LogP contribution is 2.28. The van der Waals surface area contributed by atoms with Gasteiger partial charge in [0, 0.05) is 17.3 Å². The van der Waals surface area contributed by atoms with E-state index in [1.54, 1.807) is 66.4 Å². The maximum absolute atomic E-state index is 13.2. The number of anilines is 2. The molecule has 2 aromatic rings. The van der Waals surface area contributed by atoms with Crippen LogP contribution in [0.4, 0.5) is 11.4 Å². The highest BCUT2D eigenvalue weighted by molar-refractivity contribution is 7.80. The number of hydrogen-bond donors (Lipinski definition) is 1. The molecule has 1 aliphatic rings. The van der Waals surface area contributed by atoms with Gasteiger partial charge in [-0.25, -0.2) is 4.79 Å². The lowest BCUT2D eigenvalue weighted by Gasteiger charge is -2.22. The van der Waals surface area contributed by atoms with E-state index in [2.05, 4.69) is 11.9 Å². The first-order valence-corrected chi connectivity index (χ1v) is 10.7. The Kier molecular flexibility index (Phi) is 7.61. The van der Waals surface area contributed by atoms with Crippen LogP contribution in [0.2, 0.25) is 5.02 Å². The van der Waals surface area contributed by atoms with Gasteiger partial charge in [-0.2, -0.15) is 0 Å². The van der Waals surface area contributed by atoms with Crippen LogP contribution in [0.3, 0.4) is 0 Å². The molecule has 1 heterocycles. The van der Waals surface area contributed by atoms with Gasteiger partial charge in [0.25, 0.3) is 5.91 Å². The molecule has 0 spiro atoms.